The maximum Gasteiger partial charge on any atom is 0.250 e. The van der Waals surface area contributed by atoms with Crippen LogP contribution in [-0.2, 0) is 16.6 Å². The van der Waals surface area contributed by atoms with Gasteiger partial charge in [0.05, 0.1) is 6.61 Å². The number of rotatable bonds is 5. The fourth-order valence-electron chi connectivity index (χ4n) is 2.33. The molecule has 7 heteroatoms. The molecule has 2 atom stereocenters. The molecule has 0 aliphatic heterocycles. The molecule has 2 unspecified atom stereocenters. The fraction of sp³-hybridized carbons (Fsp3) is 0.667. The Morgan fingerprint density at radius 1 is 1.47 bits per heavy atom. The second-order valence-corrected chi connectivity index (χ2v) is 8.97. The Kier molecular flexibility index (Phi) is 5.30. The Morgan fingerprint density at radius 2 is 2.26 bits per heavy atom. The Hall–Kier alpha value is -0.0800. The van der Waals surface area contributed by atoms with Gasteiger partial charge in [-0.15, -0.1) is 11.3 Å². The van der Waals surface area contributed by atoms with Crippen molar-refractivity contribution < 1.29 is 13.5 Å². The van der Waals surface area contributed by atoms with Crippen LogP contribution in [0.25, 0.3) is 0 Å². The Bertz CT molecular complexity index is 512. The summed E-state index contributed by atoms with van der Waals surface area (Å²) in [7, 11) is -3.43. The molecule has 0 amide bonds. The molecule has 1 saturated carbocycles. The number of thioether (sulfide) groups is 1. The van der Waals surface area contributed by atoms with Crippen molar-refractivity contribution in [3.05, 3.63) is 17.0 Å². The van der Waals surface area contributed by atoms with Crippen LogP contribution in [0.3, 0.4) is 0 Å². The summed E-state index contributed by atoms with van der Waals surface area (Å²) < 4.78 is 27.6. The van der Waals surface area contributed by atoms with Crippen molar-refractivity contribution in [2.24, 2.45) is 0 Å². The summed E-state index contributed by atoms with van der Waals surface area (Å²) in [4.78, 5) is 0.672. The van der Waals surface area contributed by atoms with E-state index in [1.54, 1.807) is 12.1 Å². The second-order valence-electron chi connectivity index (χ2n) is 4.72. The van der Waals surface area contributed by atoms with E-state index in [-0.39, 0.29) is 12.6 Å². The first-order chi connectivity index (χ1) is 9.05. The van der Waals surface area contributed by atoms with Crippen LogP contribution in [0.5, 0.6) is 0 Å². The summed E-state index contributed by atoms with van der Waals surface area (Å²) in [5.74, 6) is 0. The van der Waals surface area contributed by atoms with Crippen molar-refractivity contribution in [3.63, 3.8) is 0 Å². The van der Waals surface area contributed by atoms with Crippen molar-refractivity contribution in [2.45, 2.75) is 47.8 Å². The average Bonchev–Trinajstić information content (AvgIpc) is 2.88. The van der Waals surface area contributed by atoms with E-state index >= 15 is 0 Å². The number of thiophene rings is 1. The molecule has 1 aliphatic carbocycles. The topological polar surface area (TPSA) is 66.4 Å². The highest BCUT2D eigenvalue weighted by Crippen LogP contribution is 2.29. The lowest BCUT2D eigenvalue weighted by Crippen LogP contribution is -2.38. The predicted molar refractivity (Wildman–Crippen MR) is 80.1 cm³/mol. The smallest absolute Gasteiger partial charge is 0.250 e. The molecular weight excluding hydrogens is 302 g/mol. The maximum atomic E-state index is 12.2. The molecule has 0 aromatic carbocycles. The standard InChI is InChI=1S/C12H19NO3S3/c1-17-10-4-2-3-9(7-10)13-19(15,16)12-6-5-11(8-14)18-12/h5-6,9-10,13-14H,2-4,7-8H2,1H3. The quantitative estimate of drug-likeness (QED) is 0.872. The van der Waals surface area contributed by atoms with Gasteiger partial charge in [0.25, 0.3) is 0 Å². The lowest BCUT2D eigenvalue weighted by molar-refractivity contribution is 0.285. The van der Waals surface area contributed by atoms with Crippen LogP contribution in [0.2, 0.25) is 0 Å². The minimum Gasteiger partial charge on any atom is -0.391 e. The van der Waals surface area contributed by atoms with Crippen LogP contribution in [0.15, 0.2) is 16.3 Å². The Labute approximate surface area is 122 Å². The van der Waals surface area contributed by atoms with Crippen LogP contribution < -0.4 is 4.72 Å². The largest absolute Gasteiger partial charge is 0.391 e. The zero-order valence-corrected chi connectivity index (χ0v) is 13.3. The summed E-state index contributed by atoms with van der Waals surface area (Å²) in [5.41, 5.74) is 0. The van der Waals surface area contributed by atoms with Crippen molar-refractivity contribution >= 4 is 33.1 Å². The molecule has 19 heavy (non-hydrogen) atoms. The molecule has 0 spiro atoms. The highest BCUT2D eigenvalue weighted by atomic mass is 32.2. The third-order valence-corrected chi connectivity index (χ3v) is 7.52. The van der Waals surface area contributed by atoms with Gasteiger partial charge < -0.3 is 5.11 Å². The van der Waals surface area contributed by atoms with E-state index < -0.39 is 10.0 Å². The number of aliphatic hydroxyl groups excluding tert-OH is 1. The van der Waals surface area contributed by atoms with Gasteiger partial charge in [-0.2, -0.15) is 11.8 Å². The number of hydrogen-bond donors (Lipinski definition) is 2. The first kappa shape index (κ1) is 15.3. The zero-order chi connectivity index (χ0) is 13.9. The maximum absolute atomic E-state index is 12.2. The molecule has 1 fully saturated rings. The molecule has 108 valence electrons. The highest BCUT2D eigenvalue weighted by molar-refractivity contribution is 7.99. The number of hydrogen-bond acceptors (Lipinski definition) is 5. The summed E-state index contributed by atoms with van der Waals surface area (Å²) in [6.07, 6.45) is 6.14. The molecule has 1 aromatic heterocycles. The minimum atomic E-state index is -3.43. The molecule has 1 aromatic rings. The minimum absolute atomic E-state index is 0.0378. The molecule has 1 heterocycles. The molecule has 4 nitrogen and oxygen atoms in total. The SMILES string of the molecule is CSC1CCCC(NS(=O)(=O)c2ccc(CO)s2)C1. The lowest BCUT2D eigenvalue weighted by atomic mass is 9.96. The third kappa shape index (κ3) is 3.95. The second kappa shape index (κ2) is 6.58. The van der Waals surface area contributed by atoms with E-state index in [4.69, 9.17) is 5.11 Å². The van der Waals surface area contributed by atoms with E-state index in [9.17, 15) is 8.42 Å². The van der Waals surface area contributed by atoms with Crippen molar-refractivity contribution in [1.29, 1.82) is 0 Å². The van der Waals surface area contributed by atoms with Gasteiger partial charge >= 0.3 is 0 Å². The van der Waals surface area contributed by atoms with Crippen molar-refractivity contribution in [1.82, 2.24) is 4.72 Å². The Morgan fingerprint density at radius 3 is 2.89 bits per heavy atom. The lowest BCUT2D eigenvalue weighted by Gasteiger charge is -2.28. The van der Waals surface area contributed by atoms with Gasteiger partial charge in [0, 0.05) is 16.2 Å². The highest BCUT2D eigenvalue weighted by Gasteiger charge is 2.26. The number of sulfonamides is 1. The van der Waals surface area contributed by atoms with Gasteiger partial charge in [-0.1, -0.05) is 6.42 Å². The summed E-state index contributed by atoms with van der Waals surface area (Å²) in [6, 6.07) is 3.26. The van der Waals surface area contributed by atoms with E-state index in [0.717, 1.165) is 30.6 Å². The molecular formula is C12H19NO3S3. The van der Waals surface area contributed by atoms with Crippen LogP contribution in [0.1, 0.15) is 30.6 Å². The van der Waals surface area contributed by atoms with Gasteiger partial charge in [-0.3, -0.25) is 0 Å². The van der Waals surface area contributed by atoms with Gasteiger partial charge in [0.15, 0.2) is 0 Å². The monoisotopic (exact) mass is 321 g/mol. The van der Waals surface area contributed by atoms with Gasteiger partial charge in [-0.05, 0) is 37.7 Å². The normalized spacial score (nSPS) is 24.5. The Balaban J connectivity index is 2.04. The van der Waals surface area contributed by atoms with Crippen molar-refractivity contribution in [3.8, 4) is 0 Å². The zero-order valence-electron chi connectivity index (χ0n) is 10.8. The first-order valence-electron chi connectivity index (χ1n) is 6.30. The van der Waals surface area contributed by atoms with E-state index in [1.165, 1.54) is 6.42 Å². The van der Waals surface area contributed by atoms with Crippen LogP contribution in [0.4, 0.5) is 0 Å². The van der Waals surface area contributed by atoms with Gasteiger partial charge in [0.2, 0.25) is 10.0 Å². The molecule has 0 radical (unpaired) electrons. The predicted octanol–water partition coefficient (Wildman–Crippen LogP) is 2.19. The first-order valence-corrected chi connectivity index (χ1v) is 9.88. The summed E-state index contributed by atoms with van der Waals surface area (Å²) >= 11 is 2.94. The molecule has 1 aliphatic rings. The summed E-state index contributed by atoms with van der Waals surface area (Å²) in [5, 5.41) is 9.55. The van der Waals surface area contributed by atoms with Crippen LogP contribution in [0, 0.1) is 0 Å². The van der Waals surface area contributed by atoms with E-state index in [0.29, 0.717) is 14.3 Å². The van der Waals surface area contributed by atoms with Crippen molar-refractivity contribution in [2.75, 3.05) is 6.26 Å². The van der Waals surface area contributed by atoms with Crippen LogP contribution >= 0.6 is 23.1 Å². The van der Waals surface area contributed by atoms with Gasteiger partial charge in [-0.25, -0.2) is 13.1 Å². The number of aliphatic hydroxyl groups is 1. The fourth-order valence-corrected chi connectivity index (χ4v) is 5.67. The number of nitrogens with one attached hydrogen (secondary N) is 1. The molecule has 2 N–H and O–H groups in total. The third-order valence-electron chi connectivity index (χ3n) is 3.34. The average molecular weight is 321 g/mol. The molecule has 2 rings (SSSR count). The molecule has 0 saturated heterocycles. The van der Waals surface area contributed by atoms with Crippen LogP contribution in [-0.4, -0.2) is 31.1 Å². The van der Waals surface area contributed by atoms with E-state index in [1.807, 2.05) is 11.8 Å². The van der Waals surface area contributed by atoms with Gasteiger partial charge in [0.1, 0.15) is 4.21 Å². The van der Waals surface area contributed by atoms with E-state index in [2.05, 4.69) is 11.0 Å². The molecule has 0 bridgehead atoms. The summed E-state index contributed by atoms with van der Waals surface area (Å²) in [6.45, 7) is -0.113.